The molecule has 0 radical (unpaired) electrons. The van der Waals surface area contributed by atoms with E-state index in [1.54, 1.807) is 6.07 Å². The zero-order chi connectivity index (χ0) is 12.4. The first-order valence-corrected chi connectivity index (χ1v) is 5.97. The van der Waals surface area contributed by atoms with E-state index in [4.69, 9.17) is 5.73 Å². The number of benzene rings is 1. The fraction of sp³-hybridized carbons (Fsp3) is 0.364. The minimum absolute atomic E-state index is 0.388. The molecular weight excluding hydrogens is 246 g/mol. The van der Waals surface area contributed by atoms with Crippen LogP contribution >= 0.6 is 11.3 Å². The van der Waals surface area contributed by atoms with Gasteiger partial charge in [-0.1, -0.05) is 12.1 Å². The first-order chi connectivity index (χ1) is 8.08. The van der Waals surface area contributed by atoms with Gasteiger partial charge in [0.25, 0.3) is 0 Å². The van der Waals surface area contributed by atoms with Gasteiger partial charge in [0.15, 0.2) is 0 Å². The molecular formula is C11H12F2N2OS. The van der Waals surface area contributed by atoms with Crippen LogP contribution < -0.4 is 5.73 Å². The van der Waals surface area contributed by atoms with Crippen LogP contribution in [0.4, 0.5) is 8.78 Å². The number of rotatable bonds is 4. The van der Waals surface area contributed by atoms with Crippen molar-refractivity contribution in [1.29, 1.82) is 0 Å². The van der Waals surface area contributed by atoms with Crippen molar-refractivity contribution in [2.45, 2.75) is 25.0 Å². The fourth-order valence-electron chi connectivity index (χ4n) is 1.53. The van der Waals surface area contributed by atoms with Gasteiger partial charge in [0, 0.05) is 12.5 Å². The number of nitrogens with zero attached hydrogens (tertiary/aromatic N) is 1. The predicted molar refractivity (Wildman–Crippen MR) is 63.2 cm³/mol. The molecule has 92 valence electrons. The summed E-state index contributed by atoms with van der Waals surface area (Å²) in [5.41, 5.74) is 6.25. The van der Waals surface area contributed by atoms with Gasteiger partial charge in [-0.15, -0.1) is 11.3 Å². The van der Waals surface area contributed by atoms with Gasteiger partial charge in [0.1, 0.15) is 11.1 Å². The Morgan fingerprint density at radius 2 is 2.06 bits per heavy atom. The molecule has 2 rings (SSSR count). The number of hydrogen-bond acceptors (Lipinski definition) is 4. The SMILES string of the molecule is NC(CC(F)F)[C@H](O)c1nc2ccccc2s1. The van der Waals surface area contributed by atoms with Crippen LogP contribution in [0, 0.1) is 0 Å². The van der Waals surface area contributed by atoms with E-state index in [1.807, 2.05) is 18.2 Å². The van der Waals surface area contributed by atoms with Gasteiger partial charge < -0.3 is 10.8 Å². The Morgan fingerprint density at radius 1 is 1.35 bits per heavy atom. The average Bonchev–Trinajstić information content (AvgIpc) is 2.70. The van der Waals surface area contributed by atoms with Crippen LogP contribution in [0.25, 0.3) is 10.2 Å². The Bertz CT molecular complexity index is 470. The van der Waals surface area contributed by atoms with Crippen molar-refractivity contribution in [3.8, 4) is 0 Å². The Kier molecular flexibility index (Phi) is 3.66. The van der Waals surface area contributed by atoms with E-state index in [0.29, 0.717) is 5.01 Å². The fourth-order valence-corrected chi connectivity index (χ4v) is 2.56. The highest BCUT2D eigenvalue weighted by atomic mass is 32.1. The number of para-hydroxylation sites is 1. The minimum Gasteiger partial charge on any atom is -0.384 e. The quantitative estimate of drug-likeness (QED) is 0.884. The van der Waals surface area contributed by atoms with E-state index in [1.165, 1.54) is 11.3 Å². The molecule has 2 atom stereocenters. The molecule has 0 aliphatic heterocycles. The number of thiazole rings is 1. The summed E-state index contributed by atoms with van der Waals surface area (Å²) in [6.07, 6.45) is -4.19. The lowest BCUT2D eigenvalue weighted by Gasteiger charge is -2.15. The van der Waals surface area contributed by atoms with Gasteiger partial charge in [0.2, 0.25) is 6.43 Å². The number of fused-ring (bicyclic) bond motifs is 1. The minimum atomic E-state index is -2.52. The third kappa shape index (κ3) is 2.77. The van der Waals surface area contributed by atoms with Gasteiger partial charge in [0.05, 0.1) is 10.2 Å². The first kappa shape index (κ1) is 12.3. The Balaban J connectivity index is 2.21. The summed E-state index contributed by atoms with van der Waals surface area (Å²) < 4.78 is 25.2. The molecule has 2 aromatic rings. The summed E-state index contributed by atoms with van der Waals surface area (Å²) in [6.45, 7) is 0. The molecule has 6 heteroatoms. The normalized spacial score (nSPS) is 15.4. The van der Waals surface area contributed by atoms with Crippen LogP contribution in [0.2, 0.25) is 0 Å². The standard InChI is InChI=1S/C11H12F2N2OS/c12-9(13)5-6(14)10(16)11-15-7-3-1-2-4-8(7)17-11/h1-4,6,9-10,16H,5,14H2/t6?,10-/m0/s1. The van der Waals surface area contributed by atoms with Crippen LogP contribution in [-0.2, 0) is 0 Å². The number of alkyl halides is 2. The molecule has 0 aliphatic carbocycles. The smallest absolute Gasteiger partial charge is 0.240 e. The van der Waals surface area contributed by atoms with Crippen LogP contribution in [0.1, 0.15) is 17.5 Å². The summed E-state index contributed by atoms with van der Waals surface area (Å²) >= 11 is 1.27. The predicted octanol–water partition coefficient (Wildman–Crippen LogP) is 2.31. The van der Waals surface area contributed by atoms with Gasteiger partial charge in [-0.3, -0.25) is 0 Å². The third-order valence-electron chi connectivity index (χ3n) is 2.42. The highest BCUT2D eigenvalue weighted by molar-refractivity contribution is 7.18. The lowest BCUT2D eigenvalue weighted by Crippen LogP contribution is -2.30. The Labute approximate surface area is 101 Å². The maximum atomic E-state index is 12.2. The summed E-state index contributed by atoms with van der Waals surface area (Å²) in [7, 11) is 0. The topological polar surface area (TPSA) is 59.1 Å². The molecule has 0 bridgehead atoms. The molecule has 0 amide bonds. The van der Waals surface area contributed by atoms with E-state index in [0.717, 1.165) is 10.2 Å². The molecule has 3 N–H and O–H groups in total. The monoisotopic (exact) mass is 258 g/mol. The summed E-state index contributed by atoms with van der Waals surface area (Å²) in [5, 5.41) is 10.2. The van der Waals surface area contributed by atoms with Crippen molar-refractivity contribution in [2.24, 2.45) is 5.73 Å². The molecule has 0 saturated carbocycles. The zero-order valence-corrected chi connectivity index (χ0v) is 9.70. The highest BCUT2D eigenvalue weighted by Gasteiger charge is 2.23. The number of aliphatic hydroxyl groups excluding tert-OH is 1. The van der Waals surface area contributed by atoms with Crippen LogP contribution in [-0.4, -0.2) is 22.6 Å². The van der Waals surface area contributed by atoms with Gasteiger partial charge in [-0.25, -0.2) is 13.8 Å². The maximum Gasteiger partial charge on any atom is 0.240 e. The van der Waals surface area contributed by atoms with Crippen molar-refractivity contribution in [3.63, 3.8) is 0 Å². The maximum absolute atomic E-state index is 12.2. The van der Waals surface area contributed by atoms with Crippen molar-refractivity contribution in [3.05, 3.63) is 29.3 Å². The Morgan fingerprint density at radius 3 is 2.71 bits per heavy atom. The van der Waals surface area contributed by atoms with Gasteiger partial charge in [-0.2, -0.15) is 0 Å². The van der Waals surface area contributed by atoms with Crippen LogP contribution in [0.3, 0.4) is 0 Å². The molecule has 1 heterocycles. The van der Waals surface area contributed by atoms with E-state index >= 15 is 0 Å². The molecule has 3 nitrogen and oxygen atoms in total. The lowest BCUT2D eigenvalue weighted by atomic mass is 10.1. The molecule has 1 aromatic carbocycles. The number of aliphatic hydroxyl groups is 1. The molecule has 0 aliphatic rings. The molecule has 0 spiro atoms. The van der Waals surface area contributed by atoms with Crippen LogP contribution in [0.15, 0.2) is 24.3 Å². The zero-order valence-electron chi connectivity index (χ0n) is 8.88. The summed E-state index contributed by atoms with van der Waals surface area (Å²) in [4.78, 5) is 4.18. The van der Waals surface area contributed by atoms with E-state index < -0.39 is 25.0 Å². The highest BCUT2D eigenvalue weighted by Crippen LogP contribution is 2.28. The van der Waals surface area contributed by atoms with E-state index in [-0.39, 0.29) is 0 Å². The van der Waals surface area contributed by atoms with E-state index in [2.05, 4.69) is 4.98 Å². The second-order valence-electron chi connectivity index (χ2n) is 3.76. The lowest BCUT2D eigenvalue weighted by molar-refractivity contribution is 0.0794. The van der Waals surface area contributed by atoms with Crippen molar-refractivity contribution in [2.75, 3.05) is 0 Å². The van der Waals surface area contributed by atoms with Gasteiger partial charge in [-0.05, 0) is 12.1 Å². The van der Waals surface area contributed by atoms with Crippen molar-refractivity contribution >= 4 is 21.6 Å². The third-order valence-corrected chi connectivity index (χ3v) is 3.53. The second-order valence-corrected chi connectivity index (χ2v) is 4.82. The molecule has 1 aromatic heterocycles. The second kappa shape index (κ2) is 5.03. The summed E-state index contributed by atoms with van der Waals surface area (Å²) in [5.74, 6) is 0. The number of aromatic nitrogens is 1. The number of hydrogen-bond donors (Lipinski definition) is 2. The van der Waals surface area contributed by atoms with Crippen LogP contribution in [0.5, 0.6) is 0 Å². The van der Waals surface area contributed by atoms with Crippen molar-refractivity contribution < 1.29 is 13.9 Å². The summed E-state index contributed by atoms with van der Waals surface area (Å²) in [6, 6.07) is 6.37. The van der Waals surface area contributed by atoms with Crippen molar-refractivity contribution in [1.82, 2.24) is 4.98 Å². The average molecular weight is 258 g/mol. The molecule has 1 unspecified atom stereocenters. The van der Waals surface area contributed by atoms with Gasteiger partial charge >= 0.3 is 0 Å². The number of nitrogens with two attached hydrogens (primary N) is 1. The molecule has 17 heavy (non-hydrogen) atoms. The molecule has 0 saturated heterocycles. The molecule has 0 fully saturated rings. The Hall–Kier alpha value is -1.11. The van der Waals surface area contributed by atoms with E-state index in [9.17, 15) is 13.9 Å². The largest absolute Gasteiger partial charge is 0.384 e. The number of halogens is 2. The first-order valence-electron chi connectivity index (χ1n) is 5.15.